The van der Waals surface area contributed by atoms with Crippen LogP contribution < -0.4 is 0 Å². The maximum atomic E-state index is 12.2. The zero-order chi connectivity index (χ0) is 9.99. The summed E-state index contributed by atoms with van der Waals surface area (Å²) in [6, 6.07) is 0.929. The smallest absolute Gasteiger partial charge is 0.198 e. The number of alkyl halides is 5. The molecule has 1 atom stereocenters. The van der Waals surface area contributed by atoms with Crippen LogP contribution in [0, 0.1) is 17.2 Å². The molecule has 0 aliphatic heterocycles. The minimum Gasteiger partial charge on any atom is -0.198 e. The van der Waals surface area contributed by atoms with Gasteiger partial charge >= 0.3 is 12.1 Å². The number of nitrogens with zero attached hydrogens (tertiary/aromatic N) is 1. The minimum absolute atomic E-state index is 0.525. The van der Waals surface area contributed by atoms with Gasteiger partial charge in [0.15, 0.2) is 0 Å². The van der Waals surface area contributed by atoms with E-state index in [1.165, 1.54) is 0 Å². The zero-order valence-corrected chi connectivity index (χ0v) is 6.12. The molecule has 1 unspecified atom stereocenters. The molecule has 0 aromatic carbocycles. The summed E-state index contributed by atoms with van der Waals surface area (Å²) in [4.78, 5) is 0. The number of nitriles is 1. The third kappa shape index (κ3) is 1.84. The maximum absolute atomic E-state index is 12.2. The fraction of sp³-hybridized carbons (Fsp3) is 0.833. The van der Waals surface area contributed by atoms with Gasteiger partial charge in [-0.1, -0.05) is 6.92 Å². The molecule has 0 spiro atoms. The van der Waals surface area contributed by atoms with Crippen LogP contribution >= 0.6 is 0 Å². The second-order valence-electron chi connectivity index (χ2n) is 2.21. The van der Waals surface area contributed by atoms with Gasteiger partial charge in [0.2, 0.25) is 0 Å². The Balaban J connectivity index is 4.73. The van der Waals surface area contributed by atoms with Gasteiger partial charge < -0.3 is 0 Å². The predicted octanol–water partition coefficient (Wildman–Crippen LogP) is 2.73. The van der Waals surface area contributed by atoms with Crippen molar-refractivity contribution in [3.05, 3.63) is 0 Å². The molecule has 0 radical (unpaired) electrons. The molecule has 0 bridgehead atoms. The summed E-state index contributed by atoms with van der Waals surface area (Å²) < 4.78 is 59.2. The Bertz CT molecular complexity index is 189. The average molecular weight is 187 g/mol. The van der Waals surface area contributed by atoms with Crippen LogP contribution in [0.25, 0.3) is 0 Å². The van der Waals surface area contributed by atoms with E-state index in [9.17, 15) is 22.0 Å². The largest absolute Gasteiger partial charge is 0.454 e. The standard InChI is InChI=1S/C6H6F5N/c1-2-4(3-12)5(7,8)6(9,10)11/h4H,2H2,1H3. The summed E-state index contributed by atoms with van der Waals surface area (Å²) in [5.41, 5.74) is 0. The van der Waals surface area contributed by atoms with Crippen molar-refractivity contribution < 1.29 is 22.0 Å². The van der Waals surface area contributed by atoms with Gasteiger partial charge in [-0.15, -0.1) is 0 Å². The Morgan fingerprint density at radius 1 is 1.25 bits per heavy atom. The fourth-order valence-electron chi connectivity index (χ4n) is 0.626. The Labute approximate surface area is 65.8 Å². The minimum atomic E-state index is -5.64. The molecular formula is C6H6F5N. The molecular weight excluding hydrogens is 181 g/mol. The lowest BCUT2D eigenvalue weighted by Gasteiger charge is -2.22. The molecule has 0 aliphatic carbocycles. The van der Waals surface area contributed by atoms with E-state index in [0.717, 1.165) is 13.0 Å². The van der Waals surface area contributed by atoms with Gasteiger partial charge in [-0.2, -0.15) is 27.2 Å². The molecule has 0 saturated heterocycles. The van der Waals surface area contributed by atoms with Crippen LogP contribution in [0.1, 0.15) is 13.3 Å². The monoisotopic (exact) mass is 187 g/mol. The molecule has 12 heavy (non-hydrogen) atoms. The van der Waals surface area contributed by atoms with E-state index in [1.807, 2.05) is 0 Å². The highest BCUT2D eigenvalue weighted by Crippen LogP contribution is 2.42. The molecule has 0 heterocycles. The van der Waals surface area contributed by atoms with E-state index in [1.54, 1.807) is 0 Å². The first kappa shape index (κ1) is 11.1. The molecule has 0 aromatic heterocycles. The first-order valence-corrected chi connectivity index (χ1v) is 3.11. The van der Waals surface area contributed by atoms with Crippen LogP contribution in [-0.2, 0) is 0 Å². The number of hydrogen-bond donors (Lipinski definition) is 0. The molecule has 70 valence electrons. The van der Waals surface area contributed by atoms with Crippen LogP contribution in [0.3, 0.4) is 0 Å². The summed E-state index contributed by atoms with van der Waals surface area (Å²) in [6.45, 7) is 1.10. The third-order valence-corrected chi connectivity index (χ3v) is 1.38. The van der Waals surface area contributed by atoms with Crippen molar-refractivity contribution in [1.82, 2.24) is 0 Å². The van der Waals surface area contributed by atoms with Crippen molar-refractivity contribution in [3.63, 3.8) is 0 Å². The van der Waals surface area contributed by atoms with E-state index >= 15 is 0 Å². The summed E-state index contributed by atoms with van der Waals surface area (Å²) in [6.07, 6.45) is -6.16. The molecule has 6 heteroatoms. The first-order valence-electron chi connectivity index (χ1n) is 3.11. The van der Waals surface area contributed by atoms with Crippen molar-refractivity contribution in [2.45, 2.75) is 25.4 Å². The lowest BCUT2D eigenvalue weighted by molar-refractivity contribution is -0.295. The third-order valence-electron chi connectivity index (χ3n) is 1.38. The SMILES string of the molecule is CCC(C#N)C(F)(F)C(F)(F)F. The van der Waals surface area contributed by atoms with Crippen LogP contribution in [-0.4, -0.2) is 12.1 Å². The van der Waals surface area contributed by atoms with Gasteiger partial charge in [0.05, 0.1) is 6.07 Å². The van der Waals surface area contributed by atoms with Gasteiger partial charge in [0, 0.05) is 0 Å². The van der Waals surface area contributed by atoms with Crippen LogP contribution in [0.2, 0.25) is 0 Å². The second-order valence-corrected chi connectivity index (χ2v) is 2.21. The van der Waals surface area contributed by atoms with Gasteiger partial charge in [-0.05, 0) is 6.42 Å². The van der Waals surface area contributed by atoms with Crippen molar-refractivity contribution in [3.8, 4) is 6.07 Å². The average Bonchev–Trinajstić information content (AvgIpc) is 1.87. The normalized spacial score (nSPS) is 15.4. The Morgan fingerprint density at radius 3 is 1.75 bits per heavy atom. The first-order chi connectivity index (χ1) is 5.27. The Kier molecular flexibility index (Phi) is 3.02. The highest BCUT2D eigenvalue weighted by atomic mass is 19.4. The zero-order valence-electron chi connectivity index (χ0n) is 6.12. The molecule has 0 N–H and O–H groups in total. The van der Waals surface area contributed by atoms with E-state index in [2.05, 4.69) is 0 Å². The van der Waals surface area contributed by atoms with Crippen LogP contribution in [0.4, 0.5) is 22.0 Å². The number of rotatable bonds is 2. The topological polar surface area (TPSA) is 23.8 Å². The van der Waals surface area contributed by atoms with Gasteiger partial charge in [-0.25, -0.2) is 0 Å². The van der Waals surface area contributed by atoms with Crippen molar-refractivity contribution >= 4 is 0 Å². The predicted molar refractivity (Wildman–Crippen MR) is 30.4 cm³/mol. The molecule has 0 aliphatic rings. The van der Waals surface area contributed by atoms with Gasteiger partial charge in [-0.3, -0.25) is 0 Å². The lowest BCUT2D eigenvalue weighted by atomic mass is 10.00. The number of hydrogen-bond acceptors (Lipinski definition) is 1. The quantitative estimate of drug-likeness (QED) is 0.609. The molecule has 0 amide bonds. The van der Waals surface area contributed by atoms with Crippen LogP contribution in [0.15, 0.2) is 0 Å². The van der Waals surface area contributed by atoms with Gasteiger partial charge in [0.25, 0.3) is 0 Å². The number of halogens is 5. The Hall–Kier alpha value is -0.860. The van der Waals surface area contributed by atoms with E-state index in [4.69, 9.17) is 5.26 Å². The summed E-state index contributed by atoms with van der Waals surface area (Å²) >= 11 is 0. The Morgan fingerprint density at radius 2 is 1.67 bits per heavy atom. The highest BCUT2D eigenvalue weighted by Gasteiger charge is 2.62. The summed E-state index contributed by atoms with van der Waals surface area (Å²) in [5.74, 6) is -7.20. The van der Waals surface area contributed by atoms with Crippen molar-refractivity contribution in [1.29, 1.82) is 5.26 Å². The van der Waals surface area contributed by atoms with E-state index in [0.29, 0.717) is 0 Å². The molecule has 0 saturated carbocycles. The second kappa shape index (κ2) is 3.25. The molecule has 0 rings (SSSR count). The molecule has 0 fully saturated rings. The highest BCUT2D eigenvalue weighted by molar-refractivity contribution is 4.96. The molecule has 0 aromatic rings. The van der Waals surface area contributed by atoms with Crippen molar-refractivity contribution in [2.24, 2.45) is 5.92 Å². The van der Waals surface area contributed by atoms with Crippen molar-refractivity contribution in [2.75, 3.05) is 0 Å². The maximum Gasteiger partial charge on any atom is 0.454 e. The van der Waals surface area contributed by atoms with Crippen LogP contribution in [0.5, 0.6) is 0 Å². The van der Waals surface area contributed by atoms with Gasteiger partial charge in [0.1, 0.15) is 5.92 Å². The summed E-state index contributed by atoms with van der Waals surface area (Å²) in [5, 5.41) is 7.99. The fourth-order valence-corrected chi connectivity index (χ4v) is 0.626. The van der Waals surface area contributed by atoms with E-state index in [-0.39, 0.29) is 0 Å². The van der Waals surface area contributed by atoms with E-state index < -0.39 is 24.4 Å². The summed E-state index contributed by atoms with van der Waals surface area (Å²) in [7, 11) is 0. The molecule has 1 nitrogen and oxygen atoms in total. The lowest BCUT2D eigenvalue weighted by Crippen LogP contribution is -2.42.